The second kappa shape index (κ2) is 8.15. The van der Waals surface area contributed by atoms with E-state index in [1.165, 1.54) is 18.4 Å². The van der Waals surface area contributed by atoms with E-state index in [2.05, 4.69) is 51.2 Å². The molecular formula is C16H27NO. The zero-order valence-electron chi connectivity index (χ0n) is 12.2. The lowest BCUT2D eigenvalue weighted by Crippen LogP contribution is -2.20. The molecule has 0 fully saturated rings. The third-order valence-corrected chi connectivity index (χ3v) is 2.94. The summed E-state index contributed by atoms with van der Waals surface area (Å²) in [6, 6.07) is 8.68. The molecule has 0 aliphatic heterocycles. The normalized spacial score (nSPS) is 12.7. The van der Waals surface area contributed by atoms with E-state index in [0.29, 0.717) is 12.0 Å². The van der Waals surface area contributed by atoms with Crippen molar-refractivity contribution in [3.05, 3.63) is 29.8 Å². The van der Waals surface area contributed by atoms with E-state index in [-0.39, 0.29) is 0 Å². The first-order chi connectivity index (χ1) is 8.65. The number of unbranched alkanes of at least 4 members (excludes halogenated alkanes) is 1. The van der Waals surface area contributed by atoms with E-state index < -0.39 is 0 Å². The lowest BCUT2D eigenvalue weighted by atomic mass is 10.1. The van der Waals surface area contributed by atoms with E-state index in [4.69, 9.17) is 4.74 Å². The van der Waals surface area contributed by atoms with Crippen LogP contribution >= 0.6 is 0 Å². The van der Waals surface area contributed by atoms with Gasteiger partial charge in [-0.3, -0.25) is 0 Å². The maximum Gasteiger partial charge on any atom is 0.124 e. The van der Waals surface area contributed by atoms with E-state index in [1.54, 1.807) is 0 Å². The van der Waals surface area contributed by atoms with Gasteiger partial charge in [0.15, 0.2) is 0 Å². The van der Waals surface area contributed by atoms with Gasteiger partial charge in [-0.25, -0.2) is 0 Å². The summed E-state index contributed by atoms with van der Waals surface area (Å²) in [5.41, 5.74) is 1.26. The lowest BCUT2D eigenvalue weighted by molar-refractivity contribution is 0.266. The largest absolute Gasteiger partial charge is 0.493 e. The maximum absolute atomic E-state index is 5.89. The van der Waals surface area contributed by atoms with Crippen LogP contribution in [0.5, 0.6) is 5.75 Å². The smallest absolute Gasteiger partial charge is 0.124 e. The minimum atomic E-state index is 0.347. The van der Waals surface area contributed by atoms with Gasteiger partial charge in [0.05, 0.1) is 6.61 Å². The molecule has 1 atom stereocenters. The average molecular weight is 249 g/mol. The predicted octanol–water partition coefficient (Wildman–Crippen LogP) is 4.17. The molecular weight excluding hydrogens is 222 g/mol. The number of hydrogen-bond acceptors (Lipinski definition) is 2. The van der Waals surface area contributed by atoms with Crippen molar-refractivity contribution in [2.75, 3.05) is 13.2 Å². The molecule has 1 aromatic carbocycles. The van der Waals surface area contributed by atoms with Crippen molar-refractivity contribution in [2.45, 2.75) is 46.6 Å². The van der Waals surface area contributed by atoms with Crippen LogP contribution < -0.4 is 10.1 Å². The van der Waals surface area contributed by atoms with Crippen LogP contribution in [0.4, 0.5) is 0 Å². The maximum atomic E-state index is 5.89. The van der Waals surface area contributed by atoms with Gasteiger partial charge in [0.2, 0.25) is 0 Å². The average Bonchev–Trinajstić information content (AvgIpc) is 2.37. The van der Waals surface area contributed by atoms with Gasteiger partial charge >= 0.3 is 0 Å². The van der Waals surface area contributed by atoms with Gasteiger partial charge in [-0.15, -0.1) is 0 Å². The van der Waals surface area contributed by atoms with E-state index in [0.717, 1.165) is 18.9 Å². The third kappa shape index (κ3) is 5.09. The molecule has 0 saturated carbocycles. The molecule has 1 aromatic rings. The van der Waals surface area contributed by atoms with Crippen LogP contribution in [0.3, 0.4) is 0 Å². The fourth-order valence-corrected chi connectivity index (χ4v) is 1.83. The first-order valence-corrected chi connectivity index (χ1v) is 7.10. The molecule has 102 valence electrons. The SMILES string of the molecule is CCCCNC(C)c1ccccc1OCC(C)C. The van der Waals surface area contributed by atoms with Crippen LogP contribution in [-0.2, 0) is 0 Å². The molecule has 0 heterocycles. The summed E-state index contributed by atoms with van der Waals surface area (Å²) in [5, 5.41) is 3.55. The Labute approximate surface area is 112 Å². The molecule has 2 heteroatoms. The van der Waals surface area contributed by atoms with Gasteiger partial charge < -0.3 is 10.1 Å². The first-order valence-electron chi connectivity index (χ1n) is 7.10. The molecule has 0 bridgehead atoms. The number of para-hydroxylation sites is 1. The summed E-state index contributed by atoms with van der Waals surface area (Å²) in [7, 11) is 0. The molecule has 1 unspecified atom stereocenters. The molecule has 2 nitrogen and oxygen atoms in total. The van der Waals surface area contributed by atoms with Crippen LogP contribution in [0.1, 0.15) is 52.1 Å². The number of ether oxygens (including phenoxy) is 1. The standard InChI is InChI=1S/C16H27NO/c1-5-6-11-17-14(4)15-9-7-8-10-16(15)18-12-13(2)3/h7-10,13-14,17H,5-6,11-12H2,1-4H3. The second-order valence-electron chi connectivity index (χ2n) is 5.27. The van der Waals surface area contributed by atoms with Crippen molar-refractivity contribution in [1.82, 2.24) is 5.32 Å². The molecule has 0 saturated heterocycles. The number of nitrogens with one attached hydrogen (secondary N) is 1. The molecule has 0 spiro atoms. The first kappa shape index (κ1) is 15.0. The van der Waals surface area contributed by atoms with Crippen molar-refractivity contribution < 1.29 is 4.74 Å². The predicted molar refractivity (Wildman–Crippen MR) is 78.1 cm³/mol. The van der Waals surface area contributed by atoms with Gasteiger partial charge in [0.1, 0.15) is 5.75 Å². The zero-order chi connectivity index (χ0) is 13.4. The van der Waals surface area contributed by atoms with Crippen LogP contribution in [0.15, 0.2) is 24.3 Å². The van der Waals surface area contributed by atoms with Crippen molar-refractivity contribution in [2.24, 2.45) is 5.92 Å². The lowest BCUT2D eigenvalue weighted by Gasteiger charge is -2.19. The highest BCUT2D eigenvalue weighted by Crippen LogP contribution is 2.25. The molecule has 0 aliphatic carbocycles. The summed E-state index contributed by atoms with van der Waals surface area (Å²) >= 11 is 0. The van der Waals surface area contributed by atoms with Gasteiger partial charge in [0, 0.05) is 11.6 Å². The summed E-state index contributed by atoms with van der Waals surface area (Å²) in [6.45, 7) is 10.6. The molecule has 0 aromatic heterocycles. The Morgan fingerprint density at radius 2 is 1.89 bits per heavy atom. The topological polar surface area (TPSA) is 21.3 Å². The van der Waals surface area contributed by atoms with Gasteiger partial charge in [0.25, 0.3) is 0 Å². The molecule has 1 N–H and O–H groups in total. The Morgan fingerprint density at radius 3 is 2.56 bits per heavy atom. The van der Waals surface area contributed by atoms with Crippen molar-refractivity contribution in [3.63, 3.8) is 0 Å². The summed E-state index contributed by atoms with van der Waals surface area (Å²) in [4.78, 5) is 0. The van der Waals surface area contributed by atoms with Crippen molar-refractivity contribution in [1.29, 1.82) is 0 Å². The van der Waals surface area contributed by atoms with Crippen LogP contribution in [0.2, 0.25) is 0 Å². The minimum absolute atomic E-state index is 0.347. The van der Waals surface area contributed by atoms with E-state index >= 15 is 0 Å². The minimum Gasteiger partial charge on any atom is -0.493 e. The van der Waals surface area contributed by atoms with Crippen LogP contribution in [-0.4, -0.2) is 13.2 Å². The fraction of sp³-hybridized carbons (Fsp3) is 0.625. The summed E-state index contributed by atoms with van der Waals surface area (Å²) < 4.78 is 5.89. The zero-order valence-corrected chi connectivity index (χ0v) is 12.2. The van der Waals surface area contributed by atoms with Gasteiger partial charge in [-0.1, -0.05) is 45.4 Å². The van der Waals surface area contributed by atoms with E-state index in [1.807, 2.05) is 6.07 Å². The number of benzene rings is 1. The number of hydrogen-bond donors (Lipinski definition) is 1. The highest BCUT2D eigenvalue weighted by Gasteiger charge is 2.10. The van der Waals surface area contributed by atoms with Crippen LogP contribution in [0, 0.1) is 5.92 Å². The summed E-state index contributed by atoms with van der Waals surface area (Å²) in [6.07, 6.45) is 2.45. The Morgan fingerprint density at radius 1 is 1.17 bits per heavy atom. The Kier molecular flexibility index (Phi) is 6.81. The van der Waals surface area contributed by atoms with Gasteiger partial charge in [-0.2, -0.15) is 0 Å². The second-order valence-corrected chi connectivity index (χ2v) is 5.27. The summed E-state index contributed by atoms with van der Waals surface area (Å²) in [5.74, 6) is 1.57. The Balaban J connectivity index is 2.62. The fourth-order valence-electron chi connectivity index (χ4n) is 1.83. The monoisotopic (exact) mass is 249 g/mol. The van der Waals surface area contributed by atoms with Crippen molar-refractivity contribution in [3.8, 4) is 5.75 Å². The van der Waals surface area contributed by atoms with Gasteiger partial charge in [-0.05, 0) is 31.9 Å². The Bertz CT molecular complexity index is 336. The quantitative estimate of drug-likeness (QED) is 0.698. The molecule has 0 amide bonds. The van der Waals surface area contributed by atoms with Crippen LogP contribution in [0.25, 0.3) is 0 Å². The van der Waals surface area contributed by atoms with E-state index in [9.17, 15) is 0 Å². The Hall–Kier alpha value is -1.02. The molecule has 18 heavy (non-hydrogen) atoms. The third-order valence-electron chi connectivity index (χ3n) is 2.94. The molecule has 0 aliphatic rings. The molecule has 0 radical (unpaired) electrons. The number of rotatable bonds is 8. The van der Waals surface area contributed by atoms with Crippen molar-refractivity contribution >= 4 is 0 Å². The highest BCUT2D eigenvalue weighted by molar-refractivity contribution is 5.35. The molecule has 1 rings (SSSR count). The highest BCUT2D eigenvalue weighted by atomic mass is 16.5.